The second kappa shape index (κ2) is 5.10. The van der Waals surface area contributed by atoms with Crippen molar-refractivity contribution in [2.45, 2.75) is 38.3 Å². The molecule has 1 aliphatic carbocycles. The number of hydrogen-bond acceptors (Lipinski definition) is 3. The van der Waals surface area contributed by atoms with Crippen molar-refractivity contribution in [1.29, 1.82) is 0 Å². The van der Waals surface area contributed by atoms with Crippen LogP contribution in [0.3, 0.4) is 0 Å². The Morgan fingerprint density at radius 1 is 1.18 bits per heavy atom. The number of hydrogen-bond donors (Lipinski definition) is 1. The summed E-state index contributed by atoms with van der Waals surface area (Å²) >= 11 is 0. The third-order valence-corrected chi connectivity index (χ3v) is 4.95. The van der Waals surface area contributed by atoms with Gasteiger partial charge in [0.15, 0.2) is 0 Å². The van der Waals surface area contributed by atoms with Crippen molar-refractivity contribution < 1.29 is 4.74 Å². The van der Waals surface area contributed by atoms with E-state index in [0.717, 1.165) is 18.8 Å². The van der Waals surface area contributed by atoms with Crippen LogP contribution in [-0.4, -0.2) is 23.2 Å². The van der Waals surface area contributed by atoms with E-state index in [2.05, 4.69) is 40.6 Å². The van der Waals surface area contributed by atoms with Crippen molar-refractivity contribution >= 4 is 0 Å². The highest BCUT2D eigenvalue weighted by atomic mass is 16.5. The first-order valence-corrected chi connectivity index (χ1v) is 8.31. The summed E-state index contributed by atoms with van der Waals surface area (Å²) in [5, 5.41) is 3.55. The van der Waals surface area contributed by atoms with Gasteiger partial charge in [-0.2, -0.15) is 0 Å². The van der Waals surface area contributed by atoms with Crippen LogP contribution in [-0.2, 0) is 6.42 Å². The van der Waals surface area contributed by atoms with Gasteiger partial charge in [-0.15, -0.1) is 0 Å². The van der Waals surface area contributed by atoms with Crippen molar-refractivity contribution in [3.8, 4) is 17.0 Å². The quantitative estimate of drug-likeness (QED) is 0.875. The van der Waals surface area contributed by atoms with Gasteiger partial charge >= 0.3 is 0 Å². The molecule has 114 valence electrons. The average molecular weight is 294 g/mol. The topological polar surface area (TPSA) is 34.2 Å². The SMILES string of the molecule is CC.c1ccc(-c2cnc3c(c2)C[C@@]2(CNC4CC42)O3)cc1. The molecule has 0 radical (unpaired) electrons. The molecule has 3 heterocycles. The van der Waals surface area contributed by atoms with Crippen molar-refractivity contribution in [2.75, 3.05) is 6.54 Å². The van der Waals surface area contributed by atoms with Crippen molar-refractivity contribution in [1.82, 2.24) is 10.3 Å². The number of fused-ring (bicyclic) bond motifs is 3. The smallest absolute Gasteiger partial charge is 0.217 e. The van der Waals surface area contributed by atoms with Gasteiger partial charge in [0.2, 0.25) is 5.88 Å². The third-order valence-electron chi connectivity index (χ3n) is 4.95. The largest absolute Gasteiger partial charge is 0.469 e. The van der Waals surface area contributed by atoms with E-state index >= 15 is 0 Å². The molecule has 22 heavy (non-hydrogen) atoms. The van der Waals surface area contributed by atoms with Crippen molar-refractivity contribution in [3.05, 3.63) is 48.2 Å². The van der Waals surface area contributed by atoms with Gasteiger partial charge in [0.1, 0.15) is 5.60 Å². The fraction of sp³-hybridized carbons (Fsp3) is 0.421. The number of rotatable bonds is 1. The zero-order valence-electron chi connectivity index (χ0n) is 13.2. The lowest BCUT2D eigenvalue weighted by Crippen LogP contribution is -2.41. The maximum Gasteiger partial charge on any atom is 0.217 e. The van der Waals surface area contributed by atoms with Crippen LogP contribution in [0.25, 0.3) is 11.1 Å². The van der Waals surface area contributed by atoms with Crippen molar-refractivity contribution in [3.63, 3.8) is 0 Å². The van der Waals surface area contributed by atoms with Crippen LogP contribution in [0.15, 0.2) is 42.6 Å². The zero-order valence-corrected chi connectivity index (χ0v) is 13.2. The summed E-state index contributed by atoms with van der Waals surface area (Å²) in [6, 6.07) is 13.4. The molecule has 1 saturated carbocycles. The first kappa shape index (κ1) is 13.8. The number of pyridine rings is 1. The molecule has 1 saturated heterocycles. The third kappa shape index (κ3) is 2.03. The fourth-order valence-corrected chi connectivity index (χ4v) is 3.80. The summed E-state index contributed by atoms with van der Waals surface area (Å²) < 4.78 is 6.23. The number of benzene rings is 1. The normalized spacial score (nSPS) is 30.1. The minimum Gasteiger partial charge on any atom is -0.469 e. The molecule has 5 rings (SSSR count). The Kier molecular flexibility index (Phi) is 3.19. The predicted octanol–water partition coefficient (Wildman–Crippen LogP) is 3.44. The van der Waals surface area contributed by atoms with Crippen LogP contribution in [0.4, 0.5) is 0 Å². The van der Waals surface area contributed by atoms with Crippen LogP contribution in [0.2, 0.25) is 0 Å². The summed E-state index contributed by atoms with van der Waals surface area (Å²) in [5.74, 6) is 1.54. The van der Waals surface area contributed by atoms with Gasteiger partial charge in [-0.25, -0.2) is 4.98 Å². The highest BCUT2D eigenvalue weighted by molar-refractivity contribution is 5.64. The van der Waals surface area contributed by atoms with E-state index in [4.69, 9.17) is 4.74 Å². The monoisotopic (exact) mass is 294 g/mol. The van der Waals surface area contributed by atoms with Gasteiger partial charge in [0.25, 0.3) is 0 Å². The Balaban J connectivity index is 0.000000602. The molecule has 1 N–H and O–H groups in total. The second-order valence-electron chi connectivity index (χ2n) is 6.23. The standard InChI is InChI=1S/C17H16N2O.C2H6/c1-2-4-11(5-3-1)13-6-12-8-17(20-16(12)18-9-13)10-19-15-7-14(15)17;1-2/h1-6,9,14-15,19H,7-8,10H2;1-2H3/t14?,15?,17-;/m0./s1. The van der Waals surface area contributed by atoms with Crippen LogP contribution >= 0.6 is 0 Å². The van der Waals surface area contributed by atoms with Gasteiger partial charge < -0.3 is 10.1 Å². The first-order chi connectivity index (χ1) is 10.8. The van der Waals surface area contributed by atoms with Gasteiger partial charge in [0, 0.05) is 42.2 Å². The van der Waals surface area contributed by atoms with E-state index in [0.29, 0.717) is 12.0 Å². The molecule has 0 bridgehead atoms. The first-order valence-electron chi connectivity index (χ1n) is 8.31. The van der Waals surface area contributed by atoms with E-state index in [1.165, 1.54) is 23.1 Å². The fourth-order valence-electron chi connectivity index (χ4n) is 3.80. The molecular weight excluding hydrogens is 272 g/mol. The Morgan fingerprint density at radius 2 is 2.00 bits per heavy atom. The van der Waals surface area contributed by atoms with E-state index in [-0.39, 0.29) is 5.60 Å². The van der Waals surface area contributed by atoms with Crippen LogP contribution < -0.4 is 10.1 Å². The molecule has 2 aliphatic heterocycles. The molecule has 3 heteroatoms. The molecule has 3 nitrogen and oxygen atoms in total. The molecule has 1 spiro atoms. The molecular formula is C19H22N2O. The van der Waals surface area contributed by atoms with Crippen LogP contribution in [0.1, 0.15) is 25.8 Å². The minimum absolute atomic E-state index is 0.00465. The highest BCUT2D eigenvalue weighted by Crippen LogP contribution is 2.52. The summed E-state index contributed by atoms with van der Waals surface area (Å²) in [5.41, 5.74) is 3.66. The molecule has 3 atom stereocenters. The molecule has 2 aromatic rings. The van der Waals surface area contributed by atoms with Crippen LogP contribution in [0.5, 0.6) is 5.88 Å². The molecule has 1 aromatic heterocycles. The summed E-state index contributed by atoms with van der Waals surface area (Å²) in [7, 11) is 0. The van der Waals surface area contributed by atoms with Crippen LogP contribution in [0, 0.1) is 5.92 Å². The average Bonchev–Trinajstić information content (AvgIpc) is 3.19. The lowest BCUT2D eigenvalue weighted by Gasteiger charge is -2.23. The Morgan fingerprint density at radius 3 is 2.68 bits per heavy atom. The van der Waals surface area contributed by atoms with E-state index < -0.39 is 0 Å². The molecule has 0 amide bonds. The van der Waals surface area contributed by atoms with Gasteiger partial charge in [-0.3, -0.25) is 0 Å². The zero-order chi connectivity index (χ0) is 15.2. The number of piperidine rings is 1. The maximum atomic E-state index is 6.23. The Bertz CT molecular complexity index is 685. The minimum atomic E-state index is -0.00465. The van der Waals surface area contributed by atoms with E-state index in [9.17, 15) is 0 Å². The highest BCUT2D eigenvalue weighted by Gasteiger charge is 2.62. The number of nitrogens with one attached hydrogen (secondary N) is 1. The van der Waals surface area contributed by atoms with E-state index in [1.807, 2.05) is 26.1 Å². The van der Waals surface area contributed by atoms with Gasteiger partial charge in [0.05, 0.1) is 0 Å². The number of ether oxygens (including phenoxy) is 1. The Hall–Kier alpha value is -1.87. The lowest BCUT2D eigenvalue weighted by atomic mass is 9.93. The van der Waals surface area contributed by atoms with Crippen molar-refractivity contribution in [2.24, 2.45) is 5.92 Å². The Labute approximate surface area is 131 Å². The molecule has 2 fully saturated rings. The predicted molar refractivity (Wildman–Crippen MR) is 88.0 cm³/mol. The molecule has 2 unspecified atom stereocenters. The lowest BCUT2D eigenvalue weighted by molar-refractivity contribution is 0.0870. The summed E-state index contributed by atoms with van der Waals surface area (Å²) in [6.07, 6.45) is 4.20. The molecule has 3 aliphatic rings. The van der Waals surface area contributed by atoms with Gasteiger partial charge in [-0.05, 0) is 18.1 Å². The van der Waals surface area contributed by atoms with E-state index in [1.54, 1.807) is 0 Å². The van der Waals surface area contributed by atoms with Gasteiger partial charge in [-0.1, -0.05) is 44.2 Å². The summed E-state index contributed by atoms with van der Waals surface area (Å²) in [6.45, 7) is 4.97. The summed E-state index contributed by atoms with van der Waals surface area (Å²) in [4.78, 5) is 4.56. The second-order valence-corrected chi connectivity index (χ2v) is 6.23. The maximum absolute atomic E-state index is 6.23. The number of aromatic nitrogens is 1. The number of nitrogens with zero attached hydrogens (tertiary/aromatic N) is 1. The molecule has 1 aromatic carbocycles.